The second-order valence-electron chi connectivity index (χ2n) is 22.3. The van der Waals surface area contributed by atoms with Crippen molar-refractivity contribution in [3.05, 3.63) is 0 Å². The summed E-state index contributed by atoms with van der Waals surface area (Å²) in [6.07, 6.45) is 59.5. The van der Waals surface area contributed by atoms with Gasteiger partial charge in [0.1, 0.15) is 13.2 Å². The van der Waals surface area contributed by atoms with Gasteiger partial charge in [-0.25, -0.2) is 0 Å². The Morgan fingerprint density at radius 2 is 0.485 bits per heavy atom. The van der Waals surface area contributed by atoms with E-state index in [1.807, 2.05) is 0 Å². The lowest BCUT2D eigenvalue weighted by Crippen LogP contribution is -2.30. The molecule has 0 aromatic heterocycles. The van der Waals surface area contributed by atoms with Crippen LogP contribution in [-0.4, -0.2) is 37.2 Å². The molecule has 0 amide bonds. The molecule has 0 bridgehead atoms. The molecule has 0 aliphatic carbocycles. The lowest BCUT2D eigenvalue weighted by Gasteiger charge is -2.18. The predicted molar refractivity (Wildman–Crippen MR) is 293 cm³/mol. The van der Waals surface area contributed by atoms with E-state index in [0.29, 0.717) is 19.3 Å². The van der Waals surface area contributed by atoms with E-state index in [0.717, 1.165) is 69.6 Å². The molecule has 0 N–H and O–H groups in total. The second kappa shape index (κ2) is 54.7. The summed E-state index contributed by atoms with van der Waals surface area (Å²) in [5, 5.41) is 0. The van der Waals surface area contributed by atoms with Gasteiger partial charge in [-0.05, 0) is 31.1 Å². The molecule has 1 atom stereocenters. The van der Waals surface area contributed by atoms with Crippen molar-refractivity contribution in [1.29, 1.82) is 0 Å². The Labute approximate surface area is 425 Å². The van der Waals surface area contributed by atoms with E-state index in [-0.39, 0.29) is 31.1 Å². The van der Waals surface area contributed by atoms with Crippen molar-refractivity contribution in [2.75, 3.05) is 13.2 Å². The van der Waals surface area contributed by atoms with Gasteiger partial charge in [0.15, 0.2) is 6.10 Å². The molecule has 0 radical (unpaired) electrons. The van der Waals surface area contributed by atoms with Crippen molar-refractivity contribution in [3.63, 3.8) is 0 Å². The highest BCUT2D eigenvalue weighted by Crippen LogP contribution is 2.19. The fourth-order valence-electron chi connectivity index (χ4n) is 9.58. The number of rotatable bonds is 56. The van der Waals surface area contributed by atoms with E-state index < -0.39 is 6.10 Å². The van der Waals surface area contributed by atoms with Crippen LogP contribution in [0, 0.1) is 11.8 Å². The lowest BCUT2D eigenvalue weighted by molar-refractivity contribution is -0.167. The Morgan fingerprint density at radius 1 is 0.279 bits per heavy atom. The molecule has 404 valence electrons. The van der Waals surface area contributed by atoms with Gasteiger partial charge in [0.2, 0.25) is 0 Å². The van der Waals surface area contributed by atoms with Crippen LogP contribution < -0.4 is 0 Å². The number of ether oxygens (including phenoxy) is 3. The molecular formula is C62H120O6. The minimum Gasteiger partial charge on any atom is -0.462 e. The highest BCUT2D eigenvalue weighted by molar-refractivity contribution is 5.71. The Balaban J connectivity index is 4.29. The zero-order valence-corrected chi connectivity index (χ0v) is 46.7. The third-order valence-electron chi connectivity index (χ3n) is 14.2. The minimum absolute atomic E-state index is 0.0622. The molecular weight excluding hydrogens is 841 g/mol. The average molecular weight is 962 g/mol. The summed E-state index contributed by atoms with van der Waals surface area (Å²) >= 11 is 0. The van der Waals surface area contributed by atoms with Crippen molar-refractivity contribution in [2.24, 2.45) is 11.8 Å². The molecule has 0 heterocycles. The summed E-state index contributed by atoms with van der Waals surface area (Å²) in [6, 6.07) is 0. The number of hydrogen-bond acceptors (Lipinski definition) is 6. The number of esters is 3. The van der Waals surface area contributed by atoms with Crippen LogP contribution in [0.3, 0.4) is 0 Å². The largest absolute Gasteiger partial charge is 0.462 e. The number of unbranched alkanes of at least 4 members (excludes halogenated alkanes) is 41. The first kappa shape index (κ1) is 66.4. The van der Waals surface area contributed by atoms with E-state index in [4.69, 9.17) is 14.2 Å². The zero-order chi connectivity index (χ0) is 49.6. The summed E-state index contributed by atoms with van der Waals surface area (Å²) < 4.78 is 16.9. The van der Waals surface area contributed by atoms with E-state index in [9.17, 15) is 14.4 Å². The van der Waals surface area contributed by atoms with Crippen LogP contribution in [0.4, 0.5) is 0 Å². The van der Waals surface area contributed by atoms with Crippen LogP contribution in [0.5, 0.6) is 0 Å². The highest BCUT2D eigenvalue weighted by Gasteiger charge is 2.19. The Hall–Kier alpha value is -1.59. The van der Waals surface area contributed by atoms with E-state index in [1.54, 1.807) is 0 Å². The fourth-order valence-corrected chi connectivity index (χ4v) is 9.58. The zero-order valence-electron chi connectivity index (χ0n) is 46.7. The monoisotopic (exact) mass is 961 g/mol. The molecule has 0 saturated carbocycles. The molecule has 0 rings (SSSR count). The molecule has 0 fully saturated rings. The standard InChI is InChI=1S/C62H120O6/c1-6-7-8-9-10-11-12-13-14-15-18-22-29-34-39-44-49-54-62(65)68-59(56-67-61(64)53-48-43-38-33-28-24-23-26-31-36-41-46-51-58(4)5)55-66-60(63)52-47-42-37-32-27-21-19-16-17-20-25-30-35-40-45-50-57(2)3/h57-59H,6-56H2,1-5H3/t59-/m1/s1. The Kier molecular flexibility index (Phi) is 53.5. The summed E-state index contributed by atoms with van der Waals surface area (Å²) in [6.45, 7) is 11.4. The first-order valence-electron chi connectivity index (χ1n) is 30.7. The van der Waals surface area contributed by atoms with Gasteiger partial charge in [0.25, 0.3) is 0 Å². The Bertz CT molecular complexity index is 1040. The van der Waals surface area contributed by atoms with E-state index in [2.05, 4.69) is 34.6 Å². The summed E-state index contributed by atoms with van der Waals surface area (Å²) in [5.41, 5.74) is 0. The van der Waals surface area contributed by atoms with Crippen LogP contribution >= 0.6 is 0 Å². The SMILES string of the molecule is CCCCCCCCCCCCCCCCCCCC(=O)O[C@H](COC(=O)CCCCCCCCCCCCCCCCCC(C)C)COC(=O)CCCCCCCCCCCCCCC(C)C. The fraction of sp³-hybridized carbons (Fsp3) is 0.952. The van der Waals surface area contributed by atoms with Gasteiger partial charge >= 0.3 is 17.9 Å². The molecule has 0 aromatic rings. The van der Waals surface area contributed by atoms with Crippen LogP contribution in [0.2, 0.25) is 0 Å². The van der Waals surface area contributed by atoms with Crippen LogP contribution in [0.1, 0.15) is 349 Å². The Morgan fingerprint density at radius 3 is 0.721 bits per heavy atom. The quantitative estimate of drug-likeness (QED) is 0.0343. The highest BCUT2D eigenvalue weighted by atomic mass is 16.6. The molecule has 0 aliphatic rings. The maximum atomic E-state index is 12.9. The molecule has 0 spiro atoms. The number of hydrogen-bond donors (Lipinski definition) is 0. The van der Waals surface area contributed by atoms with Gasteiger partial charge in [-0.3, -0.25) is 14.4 Å². The molecule has 68 heavy (non-hydrogen) atoms. The van der Waals surface area contributed by atoms with Crippen molar-refractivity contribution in [1.82, 2.24) is 0 Å². The van der Waals surface area contributed by atoms with Gasteiger partial charge < -0.3 is 14.2 Å². The normalized spacial score (nSPS) is 12.0. The van der Waals surface area contributed by atoms with Crippen molar-refractivity contribution >= 4 is 17.9 Å². The summed E-state index contributed by atoms with van der Waals surface area (Å²) in [5.74, 6) is 0.849. The van der Waals surface area contributed by atoms with Gasteiger partial charge in [-0.2, -0.15) is 0 Å². The maximum Gasteiger partial charge on any atom is 0.306 e. The lowest BCUT2D eigenvalue weighted by atomic mass is 10.0. The van der Waals surface area contributed by atoms with Crippen LogP contribution in [0.25, 0.3) is 0 Å². The molecule has 6 heteroatoms. The maximum absolute atomic E-state index is 12.9. The molecule has 6 nitrogen and oxygen atoms in total. The first-order valence-corrected chi connectivity index (χ1v) is 30.7. The molecule has 0 aromatic carbocycles. The minimum atomic E-state index is -0.763. The average Bonchev–Trinajstić information content (AvgIpc) is 3.31. The summed E-state index contributed by atoms with van der Waals surface area (Å²) in [7, 11) is 0. The second-order valence-corrected chi connectivity index (χ2v) is 22.3. The molecule has 0 unspecified atom stereocenters. The first-order chi connectivity index (χ1) is 33.2. The molecule has 0 saturated heterocycles. The van der Waals surface area contributed by atoms with Gasteiger partial charge in [0, 0.05) is 19.3 Å². The van der Waals surface area contributed by atoms with E-state index in [1.165, 1.54) is 238 Å². The topological polar surface area (TPSA) is 78.9 Å². The van der Waals surface area contributed by atoms with Gasteiger partial charge in [0.05, 0.1) is 0 Å². The summed E-state index contributed by atoms with van der Waals surface area (Å²) in [4.78, 5) is 38.2. The van der Waals surface area contributed by atoms with Gasteiger partial charge in [-0.15, -0.1) is 0 Å². The number of carbonyl (C=O) groups is 3. The van der Waals surface area contributed by atoms with Crippen molar-refractivity contribution in [3.8, 4) is 0 Å². The smallest absolute Gasteiger partial charge is 0.306 e. The molecule has 0 aliphatic heterocycles. The number of carbonyl (C=O) groups excluding carboxylic acids is 3. The van der Waals surface area contributed by atoms with Crippen LogP contribution in [0.15, 0.2) is 0 Å². The predicted octanol–water partition coefficient (Wildman–Crippen LogP) is 20.4. The van der Waals surface area contributed by atoms with Gasteiger partial charge in [-0.1, -0.05) is 311 Å². The van der Waals surface area contributed by atoms with E-state index >= 15 is 0 Å². The van der Waals surface area contributed by atoms with Crippen LogP contribution in [-0.2, 0) is 28.6 Å². The van der Waals surface area contributed by atoms with Crippen molar-refractivity contribution < 1.29 is 28.6 Å². The third kappa shape index (κ3) is 55.3. The van der Waals surface area contributed by atoms with Crippen molar-refractivity contribution in [2.45, 2.75) is 355 Å². The third-order valence-corrected chi connectivity index (χ3v) is 14.2.